The Bertz CT molecular complexity index is 458. The molecule has 0 aliphatic carbocycles. The molecule has 0 radical (unpaired) electrons. The number of nitro groups is 1. The van der Waals surface area contributed by atoms with E-state index in [1.165, 1.54) is 6.20 Å². The normalized spacial score (nSPS) is 28.6. The molecule has 1 aromatic heterocycles. The second-order valence-corrected chi connectivity index (χ2v) is 3.45. The van der Waals surface area contributed by atoms with Gasteiger partial charge in [-0.3, -0.25) is 4.79 Å². The number of aliphatic hydroxyl groups is 2. The highest BCUT2D eigenvalue weighted by Crippen LogP contribution is 2.28. The first-order valence-electron chi connectivity index (χ1n) is 4.71. The number of rotatable bonds is 3. The van der Waals surface area contributed by atoms with E-state index in [9.17, 15) is 20.0 Å². The summed E-state index contributed by atoms with van der Waals surface area (Å²) in [5.74, 6) is -1.31. The summed E-state index contributed by atoms with van der Waals surface area (Å²) >= 11 is 0. The lowest BCUT2D eigenvalue weighted by molar-refractivity contribution is -0.398. The molecule has 0 amide bonds. The van der Waals surface area contributed by atoms with Crippen molar-refractivity contribution in [3.05, 3.63) is 22.5 Å². The fourth-order valence-corrected chi connectivity index (χ4v) is 1.61. The monoisotopic (exact) mass is 243 g/mol. The average molecular weight is 243 g/mol. The Hall–Kier alpha value is -1.84. The highest BCUT2D eigenvalue weighted by molar-refractivity contribution is 5.88. The Balaban J connectivity index is 2.32. The van der Waals surface area contributed by atoms with Crippen molar-refractivity contribution in [2.45, 2.75) is 18.4 Å². The number of imidazole rings is 1. The predicted molar refractivity (Wildman–Crippen MR) is 50.9 cm³/mol. The van der Waals surface area contributed by atoms with Gasteiger partial charge in [-0.25, -0.2) is 0 Å². The van der Waals surface area contributed by atoms with Gasteiger partial charge in [0.05, 0.1) is 6.61 Å². The van der Waals surface area contributed by atoms with Gasteiger partial charge in [-0.1, -0.05) is 4.98 Å². The van der Waals surface area contributed by atoms with Gasteiger partial charge >= 0.3 is 5.95 Å². The quantitative estimate of drug-likeness (QED) is 0.494. The van der Waals surface area contributed by atoms with Crippen molar-refractivity contribution in [1.82, 2.24) is 9.55 Å². The number of hydrogen-bond acceptors (Lipinski definition) is 7. The predicted octanol–water partition coefficient (Wildman–Crippen LogP) is -1.39. The minimum Gasteiger partial charge on any atom is -0.394 e. The third kappa shape index (κ3) is 1.79. The van der Waals surface area contributed by atoms with Gasteiger partial charge in [0.1, 0.15) is 24.6 Å². The largest absolute Gasteiger partial charge is 0.437 e. The molecule has 0 spiro atoms. The summed E-state index contributed by atoms with van der Waals surface area (Å²) in [5, 5.41) is 28.9. The first kappa shape index (κ1) is 11.6. The van der Waals surface area contributed by atoms with Crippen molar-refractivity contribution >= 4 is 11.7 Å². The molecule has 1 fully saturated rings. The van der Waals surface area contributed by atoms with Gasteiger partial charge in [-0.15, -0.1) is 0 Å². The van der Waals surface area contributed by atoms with Gasteiger partial charge in [0.25, 0.3) is 0 Å². The van der Waals surface area contributed by atoms with Crippen LogP contribution < -0.4 is 0 Å². The molecule has 1 aromatic rings. The Morgan fingerprint density at radius 1 is 1.65 bits per heavy atom. The van der Waals surface area contributed by atoms with Crippen LogP contribution in [0.3, 0.4) is 0 Å². The Kier molecular flexibility index (Phi) is 2.88. The van der Waals surface area contributed by atoms with E-state index in [0.717, 1.165) is 10.8 Å². The SMILES string of the molecule is O=C1[C@H](n2ccnc2[N+](=O)[O-])O[C@H](CO)[C@H]1O. The van der Waals surface area contributed by atoms with Crippen LogP contribution >= 0.6 is 0 Å². The minimum absolute atomic E-state index is 0.550. The van der Waals surface area contributed by atoms with E-state index in [1.54, 1.807) is 0 Å². The molecule has 2 N–H and O–H groups in total. The number of Topliss-reactive ketones (excluding diaryl/α,β-unsaturated/α-hetero) is 1. The van der Waals surface area contributed by atoms with Crippen LogP contribution in [0.2, 0.25) is 0 Å². The summed E-state index contributed by atoms with van der Waals surface area (Å²) in [6.07, 6.45) is -1.55. The zero-order valence-corrected chi connectivity index (χ0v) is 8.46. The van der Waals surface area contributed by atoms with E-state index >= 15 is 0 Å². The first-order chi connectivity index (χ1) is 8.06. The highest BCUT2D eigenvalue weighted by atomic mass is 16.6. The van der Waals surface area contributed by atoms with Gasteiger partial charge in [0.2, 0.25) is 12.0 Å². The summed E-state index contributed by atoms with van der Waals surface area (Å²) < 4.78 is 5.94. The molecule has 0 saturated carbocycles. The van der Waals surface area contributed by atoms with Crippen LogP contribution in [0.5, 0.6) is 0 Å². The maximum absolute atomic E-state index is 11.6. The number of ether oxygens (including phenoxy) is 1. The van der Waals surface area contributed by atoms with Crippen LogP contribution in [0.1, 0.15) is 6.23 Å². The van der Waals surface area contributed by atoms with Crippen molar-refractivity contribution in [2.75, 3.05) is 6.61 Å². The summed E-state index contributed by atoms with van der Waals surface area (Å²) in [5.41, 5.74) is 0. The van der Waals surface area contributed by atoms with Crippen molar-refractivity contribution < 1.29 is 24.7 Å². The third-order valence-electron chi connectivity index (χ3n) is 2.43. The average Bonchev–Trinajstić information content (AvgIpc) is 2.86. The number of aliphatic hydroxyl groups excluding tert-OH is 2. The van der Waals surface area contributed by atoms with Gasteiger partial charge in [0.15, 0.2) is 0 Å². The van der Waals surface area contributed by atoms with E-state index in [0.29, 0.717) is 0 Å². The van der Waals surface area contributed by atoms with Gasteiger partial charge in [0, 0.05) is 0 Å². The van der Waals surface area contributed by atoms with Gasteiger partial charge in [-0.05, 0) is 4.92 Å². The molecule has 92 valence electrons. The Morgan fingerprint density at radius 3 is 2.88 bits per heavy atom. The first-order valence-corrected chi connectivity index (χ1v) is 4.71. The Labute approximate surface area is 94.4 Å². The van der Waals surface area contributed by atoms with Crippen LogP contribution in [0, 0.1) is 10.1 Å². The van der Waals surface area contributed by atoms with Crippen LogP contribution in [-0.4, -0.2) is 49.3 Å². The lowest BCUT2D eigenvalue weighted by atomic mass is 10.2. The highest BCUT2D eigenvalue weighted by Gasteiger charge is 2.46. The molecule has 0 aromatic carbocycles. The molecule has 1 saturated heterocycles. The molecule has 9 nitrogen and oxygen atoms in total. The minimum atomic E-state index is -1.49. The van der Waals surface area contributed by atoms with Crippen molar-refractivity contribution in [2.24, 2.45) is 0 Å². The summed E-state index contributed by atoms with van der Waals surface area (Å²) in [6.45, 7) is -0.550. The number of carbonyl (C=O) groups excluding carboxylic acids is 1. The summed E-state index contributed by atoms with van der Waals surface area (Å²) in [6, 6.07) is 0. The molecule has 9 heteroatoms. The molecule has 0 bridgehead atoms. The molecule has 2 heterocycles. The van der Waals surface area contributed by atoms with Crippen molar-refractivity contribution in [1.29, 1.82) is 0 Å². The number of carbonyl (C=O) groups is 1. The number of hydrogen-bond donors (Lipinski definition) is 2. The number of aromatic nitrogens is 2. The fraction of sp³-hybridized carbons (Fsp3) is 0.500. The lowest BCUT2D eigenvalue weighted by Gasteiger charge is -2.09. The molecular weight excluding hydrogens is 234 g/mol. The van der Waals surface area contributed by atoms with Crippen molar-refractivity contribution in [3.63, 3.8) is 0 Å². The number of ketones is 1. The second-order valence-electron chi connectivity index (χ2n) is 3.45. The molecule has 0 unspecified atom stereocenters. The van der Waals surface area contributed by atoms with E-state index in [1.807, 2.05) is 0 Å². The zero-order valence-electron chi connectivity index (χ0n) is 8.46. The third-order valence-corrected chi connectivity index (χ3v) is 2.43. The maximum Gasteiger partial charge on any atom is 0.437 e. The van der Waals surface area contributed by atoms with E-state index < -0.39 is 41.7 Å². The smallest absolute Gasteiger partial charge is 0.394 e. The molecule has 1 aliphatic rings. The topological polar surface area (TPSA) is 128 Å². The van der Waals surface area contributed by atoms with Crippen LogP contribution in [0.25, 0.3) is 0 Å². The zero-order chi connectivity index (χ0) is 12.6. The maximum atomic E-state index is 11.6. The number of nitrogens with zero attached hydrogens (tertiary/aromatic N) is 3. The van der Waals surface area contributed by atoms with Gasteiger partial charge in [-0.2, -0.15) is 4.57 Å². The second kappa shape index (κ2) is 4.20. The van der Waals surface area contributed by atoms with E-state index in [-0.39, 0.29) is 0 Å². The van der Waals surface area contributed by atoms with Gasteiger partial charge < -0.3 is 25.1 Å². The molecule has 17 heavy (non-hydrogen) atoms. The fourth-order valence-electron chi connectivity index (χ4n) is 1.61. The Morgan fingerprint density at radius 2 is 2.35 bits per heavy atom. The van der Waals surface area contributed by atoms with Crippen molar-refractivity contribution in [3.8, 4) is 0 Å². The van der Waals surface area contributed by atoms with E-state index in [2.05, 4.69) is 4.98 Å². The van der Waals surface area contributed by atoms with E-state index in [4.69, 9.17) is 9.84 Å². The molecule has 2 rings (SSSR count). The van der Waals surface area contributed by atoms with Crippen LogP contribution in [-0.2, 0) is 9.53 Å². The molecular formula is C8H9N3O6. The summed E-state index contributed by atoms with van der Waals surface area (Å²) in [4.78, 5) is 24.9. The van der Waals surface area contributed by atoms with Crippen LogP contribution in [0.15, 0.2) is 12.4 Å². The molecule has 1 aliphatic heterocycles. The van der Waals surface area contributed by atoms with Crippen LogP contribution in [0.4, 0.5) is 5.95 Å². The standard InChI is InChI=1S/C8H9N3O6/c12-3-4-5(13)6(14)7(17-4)10-2-1-9-8(10)11(15)16/h1-2,4-5,7,12-13H,3H2/t4-,5-,7-/m1/s1. The molecule has 3 atom stereocenters. The summed E-state index contributed by atoms with van der Waals surface area (Å²) in [7, 11) is 0. The lowest BCUT2D eigenvalue weighted by Crippen LogP contribution is -2.29.